The normalized spacial score (nSPS) is 11.5. The van der Waals surface area contributed by atoms with E-state index in [2.05, 4.69) is 204 Å². The zero-order valence-corrected chi connectivity index (χ0v) is 28.6. The number of rotatable bonds is 6. The summed E-state index contributed by atoms with van der Waals surface area (Å²) in [5.74, 6) is 0. The van der Waals surface area contributed by atoms with Crippen LogP contribution in [-0.2, 0) is 0 Å². The van der Waals surface area contributed by atoms with Gasteiger partial charge in [0.1, 0.15) is 0 Å². The number of hydrogen-bond donors (Lipinski definition) is 0. The van der Waals surface area contributed by atoms with E-state index >= 15 is 0 Å². The lowest BCUT2D eigenvalue weighted by Crippen LogP contribution is -2.10. The Kier molecular flexibility index (Phi) is 7.04. The van der Waals surface area contributed by atoms with E-state index in [1.54, 1.807) is 0 Å². The first kappa shape index (κ1) is 29.5. The van der Waals surface area contributed by atoms with Gasteiger partial charge in [-0.25, -0.2) is 0 Å². The molecular formula is C48H32N2S. The maximum atomic E-state index is 2.41. The van der Waals surface area contributed by atoms with Crippen LogP contribution in [0.15, 0.2) is 194 Å². The standard InChI is InChI=1S/C48H32N2S/c1-2-12-33(13-3-1)34-24-28-37(29-25-34)49(46-22-11-19-43-42-18-6-9-23-47(42)51-48(43)46)38-30-26-35(27-31-38)36-14-10-15-39(32-36)50-44-20-7-4-16-40(44)41-17-5-8-21-45(41)50/h1-32H. The highest BCUT2D eigenvalue weighted by Crippen LogP contribution is 2.45. The van der Waals surface area contributed by atoms with Gasteiger partial charge in [-0.2, -0.15) is 0 Å². The molecule has 0 radical (unpaired) electrons. The third-order valence-electron chi connectivity index (χ3n) is 10.0. The minimum absolute atomic E-state index is 1.12. The highest BCUT2D eigenvalue weighted by Gasteiger charge is 2.19. The highest BCUT2D eigenvalue weighted by molar-refractivity contribution is 7.26. The van der Waals surface area contributed by atoms with E-state index < -0.39 is 0 Å². The van der Waals surface area contributed by atoms with Gasteiger partial charge in [0.2, 0.25) is 0 Å². The van der Waals surface area contributed by atoms with E-state index in [0.29, 0.717) is 0 Å². The number of hydrogen-bond acceptors (Lipinski definition) is 2. The molecule has 0 amide bonds. The van der Waals surface area contributed by atoms with Gasteiger partial charge in [-0.1, -0.05) is 133 Å². The molecule has 0 aliphatic carbocycles. The second-order valence-electron chi connectivity index (χ2n) is 13.0. The van der Waals surface area contributed by atoms with Crippen molar-refractivity contribution in [3.05, 3.63) is 194 Å². The van der Waals surface area contributed by atoms with Gasteiger partial charge in [-0.3, -0.25) is 0 Å². The van der Waals surface area contributed by atoms with Crippen LogP contribution in [-0.4, -0.2) is 4.57 Å². The molecular weight excluding hydrogens is 637 g/mol. The molecule has 0 atom stereocenters. The van der Waals surface area contributed by atoms with Crippen LogP contribution >= 0.6 is 11.3 Å². The smallest absolute Gasteiger partial charge is 0.0640 e. The van der Waals surface area contributed by atoms with Gasteiger partial charge in [-0.15, -0.1) is 11.3 Å². The second-order valence-corrected chi connectivity index (χ2v) is 14.0. The zero-order valence-electron chi connectivity index (χ0n) is 27.8. The van der Waals surface area contributed by atoms with Gasteiger partial charge in [0.05, 0.1) is 21.4 Å². The molecule has 0 saturated heterocycles. The number of benzene rings is 8. The molecule has 0 aliphatic heterocycles. The van der Waals surface area contributed by atoms with E-state index in [4.69, 9.17) is 0 Å². The van der Waals surface area contributed by atoms with Crippen molar-refractivity contribution in [1.29, 1.82) is 0 Å². The summed E-state index contributed by atoms with van der Waals surface area (Å²) < 4.78 is 4.97. The molecule has 0 unspecified atom stereocenters. The van der Waals surface area contributed by atoms with E-state index in [0.717, 1.165) is 17.1 Å². The maximum Gasteiger partial charge on any atom is 0.0640 e. The molecule has 0 aliphatic rings. The van der Waals surface area contributed by atoms with Crippen molar-refractivity contribution in [2.75, 3.05) is 4.90 Å². The van der Waals surface area contributed by atoms with Gasteiger partial charge < -0.3 is 9.47 Å². The van der Waals surface area contributed by atoms with Crippen molar-refractivity contribution >= 4 is 70.4 Å². The number of aromatic nitrogens is 1. The van der Waals surface area contributed by atoms with Gasteiger partial charge in [-0.05, 0) is 82.9 Å². The summed E-state index contributed by atoms with van der Waals surface area (Å²) in [6.45, 7) is 0. The zero-order chi connectivity index (χ0) is 33.7. The number of para-hydroxylation sites is 2. The predicted octanol–water partition coefficient (Wildman–Crippen LogP) is 14.0. The van der Waals surface area contributed by atoms with Crippen LogP contribution in [0.2, 0.25) is 0 Å². The molecule has 3 heteroatoms. The molecule has 0 bridgehead atoms. The molecule has 10 aromatic rings. The lowest BCUT2D eigenvalue weighted by molar-refractivity contribution is 1.18. The van der Waals surface area contributed by atoms with Crippen molar-refractivity contribution in [2.24, 2.45) is 0 Å². The molecule has 240 valence electrons. The molecule has 2 nitrogen and oxygen atoms in total. The van der Waals surface area contributed by atoms with Gasteiger partial charge in [0, 0.05) is 43.3 Å². The highest BCUT2D eigenvalue weighted by atomic mass is 32.1. The Morgan fingerprint density at radius 1 is 0.373 bits per heavy atom. The Hall–Kier alpha value is -6.42. The van der Waals surface area contributed by atoms with Gasteiger partial charge >= 0.3 is 0 Å². The largest absolute Gasteiger partial charge is 0.309 e. The van der Waals surface area contributed by atoms with Gasteiger partial charge in [0.15, 0.2) is 0 Å². The molecule has 8 aromatic carbocycles. The predicted molar refractivity (Wildman–Crippen MR) is 219 cm³/mol. The lowest BCUT2D eigenvalue weighted by atomic mass is 10.0. The summed E-state index contributed by atoms with van der Waals surface area (Å²) in [5.41, 5.74) is 11.8. The van der Waals surface area contributed by atoms with E-state index in [9.17, 15) is 0 Å². The van der Waals surface area contributed by atoms with E-state index in [1.807, 2.05) is 11.3 Å². The number of nitrogens with zero attached hydrogens (tertiary/aromatic N) is 2. The summed E-state index contributed by atoms with van der Waals surface area (Å²) in [6, 6.07) is 70.3. The molecule has 0 N–H and O–H groups in total. The summed E-state index contributed by atoms with van der Waals surface area (Å²) in [4.78, 5) is 2.41. The van der Waals surface area contributed by atoms with Crippen molar-refractivity contribution in [3.8, 4) is 27.9 Å². The number of anilines is 3. The maximum absolute atomic E-state index is 2.41. The fraction of sp³-hybridized carbons (Fsp3) is 0. The number of thiophene rings is 1. The molecule has 0 saturated carbocycles. The Morgan fingerprint density at radius 3 is 1.57 bits per heavy atom. The topological polar surface area (TPSA) is 8.17 Å². The Bertz CT molecular complexity index is 2790. The minimum atomic E-state index is 1.12. The van der Waals surface area contributed by atoms with Crippen LogP contribution in [0.4, 0.5) is 17.1 Å². The first-order valence-corrected chi connectivity index (χ1v) is 18.2. The lowest BCUT2D eigenvalue weighted by Gasteiger charge is -2.26. The fourth-order valence-electron chi connectivity index (χ4n) is 7.60. The molecule has 10 rings (SSSR count). The minimum Gasteiger partial charge on any atom is -0.309 e. The number of fused-ring (bicyclic) bond motifs is 6. The second kappa shape index (κ2) is 12.2. The first-order valence-electron chi connectivity index (χ1n) is 17.4. The van der Waals surface area contributed by atoms with Crippen molar-refractivity contribution in [3.63, 3.8) is 0 Å². The van der Waals surface area contributed by atoms with Crippen LogP contribution in [0.1, 0.15) is 0 Å². The van der Waals surface area contributed by atoms with Crippen LogP contribution in [0.5, 0.6) is 0 Å². The average Bonchev–Trinajstić information content (AvgIpc) is 3.76. The van der Waals surface area contributed by atoms with E-state index in [-0.39, 0.29) is 0 Å². The van der Waals surface area contributed by atoms with Gasteiger partial charge in [0.25, 0.3) is 0 Å². The summed E-state index contributed by atoms with van der Waals surface area (Å²) in [6.07, 6.45) is 0. The Labute approximate surface area is 300 Å². The summed E-state index contributed by atoms with van der Waals surface area (Å²) >= 11 is 1.86. The van der Waals surface area contributed by atoms with Crippen LogP contribution < -0.4 is 4.90 Å². The van der Waals surface area contributed by atoms with Crippen molar-refractivity contribution in [2.45, 2.75) is 0 Å². The molecule has 51 heavy (non-hydrogen) atoms. The monoisotopic (exact) mass is 668 g/mol. The average molecular weight is 669 g/mol. The SMILES string of the molecule is c1ccc(-c2ccc(N(c3ccc(-c4cccc(-n5c6ccccc6c6ccccc65)c4)cc3)c3cccc4c3sc3ccccc34)cc2)cc1. The first-order chi connectivity index (χ1) is 25.3. The Balaban J connectivity index is 1.08. The molecule has 0 spiro atoms. The molecule has 2 aromatic heterocycles. The van der Waals surface area contributed by atoms with Crippen LogP contribution in [0, 0.1) is 0 Å². The van der Waals surface area contributed by atoms with Crippen LogP contribution in [0.3, 0.4) is 0 Å². The summed E-state index contributed by atoms with van der Waals surface area (Å²) in [7, 11) is 0. The fourth-order valence-corrected chi connectivity index (χ4v) is 8.80. The Morgan fingerprint density at radius 2 is 0.882 bits per heavy atom. The van der Waals surface area contributed by atoms with E-state index in [1.165, 1.54) is 69.9 Å². The van der Waals surface area contributed by atoms with Crippen molar-refractivity contribution < 1.29 is 0 Å². The van der Waals surface area contributed by atoms with Crippen LogP contribution in [0.25, 0.3) is 69.9 Å². The third kappa shape index (κ3) is 5.01. The molecule has 2 heterocycles. The third-order valence-corrected chi connectivity index (χ3v) is 11.2. The van der Waals surface area contributed by atoms with Crippen molar-refractivity contribution in [1.82, 2.24) is 4.57 Å². The molecule has 0 fully saturated rings. The quantitative estimate of drug-likeness (QED) is 0.171. The summed E-state index contributed by atoms with van der Waals surface area (Å²) in [5, 5.41) is 5.14.